The van der Waals surface area contributed by atoms with Gasteiger partial charge in [0.2, 0.25) is 11.8 Å². The summed E-state index contributed by atoms with van der Waals surface area (Å²) in [6, 6.07) is 20.0. The number of nitrogens with zero attached hydrogens (tertiary/aromatic N) is 3. The Morgan fingerprint density at radius 3 is 2.41 bits per heavy atom. The maximum absolute atomic E-state index is 13.1. The molecule has 178 valence electrons. The largest absolute Gasteiger partial charge is 0.333 e. The minimum Gasteiger partial charge on any atom is -0.333 e. The third-order valence-corrected chi connectivity index (χ3v) is 6.45. The summed E-state index contributed by atoms with van der Waals surface area (Å²) in [5.41, 5.74) is 3.89. The Morgan fingerprint density at radius 2 is 1.76 bits per heavy atom. The number of carbonyl (C=O) groups is 2. The van der Waals surface area contributed by atoms with E-state index in [1.54, 1.807) is 9.58 Å². The summed E-state index contributed by atoms with van der Waals surface area (Å²) in [5, 5.41) is 7.82. The van der Waals surface area contributed by atoms with Crippen LogP contribution >= 0.6 is 0 Å². The van der Waals surface area contributed by atoms with Gasteiger partial charge in [0, 0.05) is 23.9 Å². The van der Waals surface area contributed by atoms with Crippen molar-refractivity contribution < 1.29 is 9.59 Å². The third kappa shape index (κ3) is 5.06. The van der Waals surface area contributed by atoms with Gasteiger partial charge in [-0.15, -0.1) is 0 Å². The molecule has 0 bridgehead atoms. The van der Waals surface area contributed by atoms with E-state index in [1.165, 1.54) is 5.56 Å². The van der Waals surface area contributed by atoms with Gasteiger partial charge in [0.05, 0.1) is 17.9 Å². The number of likely N-dealkylation sites (N-methyl/N-ethyl adjacent to an activating group) is 1. The topological polar surface area (TPSA) is 67.2 Å². The molecule has 6 nitrogen and oxygen atoms in total. The average molecular weight is 459 g/mol. The highest BCUT2D eigenvalue weighted by Crippen LogP contribution is 2.48. The molecule has 0 saturated heterocycles. The molecular weight excluding hydrogens is 424 g/mol. The van der Waals surface area contributed by atoms with Crippen molar-refractivity contribution in [3.63, 3.8) is 0 Å². The normalized spacial score (nSPS) is 17.3. The maximum Gasteiger partial charge on any atom is 0.245 e. The lowest BCUT2D eigenvalue weighted by atomic mass is 9.92. The highest BCUT2D eigenvalue weighted by Gasteiger charge is 2.45. The van der Waals surface area contributed by atoms with Gasteiger partial charge in [-0.3, -0.25) is 9.59 Å². The smallest absolute Gasteiger partial charge is 0.245 e. The molecule has 1 fully saturated rings. The molecule has 1 aliphatic rings. The monoisotopic (exact) mass is 458 g/mol. The Balaban J connectivity index is 1.49. The van der Waals surface area contributed by atoms with Crippen LogP contribution in [0, 0.1) is 12.8 Å². The standard InChI is InChI=1S/C28H34N4O2/c1-6-31(27(34)22-16-21(22)20-13-8-7-9-14-20)18-26(33)29-25-17-24(28(3,4)5)30-32(25)23-15-11-10-12-19(23)2/h7-15,17,21-22H,6,16,18H2,1-5H3,(H,29,33). The van der Waals surface area contributed by atoms with Crippen molar-refractivity contribution in [2.24, 2.45) is 5.92 Å². The Morgan fingerprint density at radius 1 is 1.09 bits per heavy atom. The summed E-state index contributed by atoms with van der Waals surface area (Å²) < 4.78 is 1.79. The van der Waals surface area contributed by atoms with E-state index < -0.39 is 0 Å². The first-order valence-electron chi connectivity index (χ1n) is 12.0. The summed E-state index contributed by atoms with van der Waals surface area (Å²) in [4.78, 5) is 27.8. The van der Waals surface area contributed by atoms with Crippen molar-refractivity contribution >= 4 is 17.6 Å². The second-order valence-corrected chi connectivity index (χ2v) is 10.1. The minimum atomic E-state index is -0.220. The molecule has 0 radical (unpaired) electrons. The Bertz CT molecular complexity index is 1180. The molecule has 3 aromatic rings. The lowest BCUT2D eigenvalue weighted by Crippen LogP contribution is -2.39. The number of para-hydroxylation sites is 1. The van der Waals surface area contributed by atoms with Crippen molar-refractivity contribution in [3.8, 4) is 5.69 Å². The van der Waals surface area contributed by atoms with Gasteiger partial charge >= 0.3 is 0 Å². The minimum absolute atomic E-state index is 0.0249. The quantitative estimate of drug-likeness (QED) is 0.538. The number of amides is 2. The zero-order valence-corrected chi connectivity index (χ0v) is 20.7. The molecule has 4 rings (SSSR count). The van der Waals surface area contributed by atoms with E-state index in [9.17, 15) is 9.59 Å². The van der Waals surface area contributed by atoms with E-state index in [1.807, 2.05) is 62.4 Å². The van der Waals surface area contributed by atoms with Crippen molar-refractivity contribution in [3.05, 3.63) is 77.5 Å². The number of anilines is 1. The number of hydrogen-bond acceptors (Lipinski definition) is 3. The van der Waals surface area contributed by atoms with Crippen LogP contribution in [-0.2, 0) is 15.0 Å². The van der Waals surface area contributed by atoms with Crippen LogP contribution in [0.3, 0.4) is 0 Å². The van der Waals surface area contributed by atoms with Crippen molar-refractivity contribution in [1.29, 1.82) is 0 Å². The molecule has 2 amide bonds. The fraction of sp³-hybridized carbons (Fsp3) is 0.393. The molecule has 2 atom stereocenters. The molecule has 6 heteroatoms. The van der Waals surface area contributed by atoms with Crippen LogP contribution in [0.2, 0.25) is 0 Å². The molecule has 1 saturated carbocycles. The number of carbonyl (C=O) groups excluding carboxylic acids is 2. The summed E-state index contributed by atoms with van der Waals surface area (Å²) in [6.07, 6.45) is 0.843. The van der Waals surface area contributed by atoms with Crippen LogP contribution in [-0.4, -0.2) is 39.6 Å². The number of aryl methyl sites for hydroxylation is 1. The second kappa shape index (κ2) is 9.45. The van der Waals surface area contributed by atoms with E-state index in [2.05, 4.69) is 38.2 Å². The zero-order valence-electron chi connectivity index (χ0n) is 20.7. The van der Waals surface area contributed by atoms with Gasteiger partial charge < -0.3 is 10.2 Å². The molecule has 34 heavy (non-hydrogen) atoms. The van der Waals surface area contributed by atoms with Crippen LogP contribution < -0.4 is 5.32 Å². The van der Waals surface area contributed by atoms with Gasteiger partial charge in [-0.2, -0.15) is 5.10 Å². The average Bonchev–Trinajstić information content (AvgIpc) is 3.50. The van der Waals surface area contributed by atoms with E-state index in [0.717, 1.165) is 23.4 Å². The number of benzene rings is 2. The van der Waals surface area contributed by atoms with Crippen LogP contribution in [0.25, 0.3) is 5.69 Å². The van der Waals surface area contributed by atoms with Crippen molar-refractivity contribution in [2.75, 3.05) is 18.4 Å². The highest BCUT2D eigenvalue weighted by molar-refractivity contribution is 5.95. The van der Waals surface area contributed by atoms with Crippen molar-refractivity contribution in [2.45, 2.75) is 52.4 Å². The first-order valence-corrected chi connectivity index (χ1v) is 12.0. The summed E-state index contributed by atoms with van der Waals surface area (Å²) in [7, 11) is 0. The summed E-state index contributed by atoms with van der Waals surface area (Å²) in [5.74, 6) is 0.653. The van der Waals surface area contributed by atoms with Crippen molar-refractivity contribution in [1.82, 2.24) is 14.7 Å². The lowest BCUT2D eigenvalue weighted by molar-refractivity contribution is -0.135. The molecule has 1 heterocycles. The molecule has 1 aromatic heterocycles. The van der Waals surface area contributed by atoms with E-state index in [-0.39, 0.29) is 35.6 Å². The number of rotatable bonds is 7. The van der Waals surface area contributed by atoms with Gasteiger partial charge in [-0.05, 0) is 43.4 Å². The molecule has 2 unspecified atom stereocenters. The molecular formula is C28H34N4O2. The molecule has 0 spiro atoms. The lowest BCUT2D eigenvalue weighted by Gasteiger charge is -2.21. The number of aromatic nitrogens is 2. The first-order chi connectivity index (χ1) is 16.2. The van der Waals surface area contributed by atoms with Crippen LogP contribution in [0.15, 0.2) is 60.7 Å². The zero-order chi connectivity index (χ0) is 24.5. The van der Waals surface area contributed by atoms with Gasteiger partial charge in [-0.1, -0.05) is 69.3 Å². The second-order valence-electron chi connectivity index (χ2n) is 10.1. The van der Waals surface area contributed by atoms with E-state index in [4.69, 9.17) is 5.10 Å². The van der Waals surface area contributed by atoms with Crippen LogP contribution in [0.5, 0.6) is 0 Å². The molecule has 2 aromatic carbocycles. The molecule has 0 aliphatic heterocycles. The van der Waals surface area contributed by atoms with E-state index >= 15 is 0 Å². The first kappa shape index (κ1) is 23.7. The Kier molecular flexibility index (Phi) is 6.60. The highest BCUT2D eigenvalue weighted by atomic mass is 16.2. The predicted octanol–water partition coefficient (Wildman–Crippen LogP) is 5.07. The summed E-state index contributed by atoms with van der Waals surface area (Å²) in [6.45, 7) is 10.7. The molecule has 1 N–H and O–H groups in total. The Hall–Kier alpha value is -3.41. The maximum atomic E-state index is 13.1. The fourth-order valence-electron chi connectivity index (χ4n) is 4.29. The van der Waals surface area contributed by atoms with Crippen LogP contribution in [0.1, 0.15) is 56.9 Å². The van der Waals surface area contributed by atoms with Gasteiger partial charge in [0.25, 0.3) is 0 Å². The fourth-order valence-corrected chi connectivity index (χ4v) is 4.29. The summed E-state index contributed by atoms with van der Waals surface area (Å²) >= 11 is 0. The van der Waals surface area contributed by atoms with Gasteiger partial charge in [0.15, 0.2) is 0 Å². The number of hydrogen-bond donors (Lipinski definition) is 1. The van der Waals surface area contributed by atoms with Crippen LogP contribution in [0.4, 0.5) is 5.82 Å². The van der Waals surface area contributed by atoms with E-state index in [0.29, 0.717) is 12.4 Å². The predicted molar refractivity (Wildman–Crippen MR) is 135 cm³/mol. The number of nitrogens with one attached hydrogen (secondary N) is 1. The van der Waals surface area contributed by atoms with Gasteiger partial charge in [0.1, 0.15) is 5.82 Å². The van der Waals surface area contributed by atoms with Gasteiger partial charge in [-0.25, -0.2) is 4.68 Å². The molecule has 1 aliphatic carbocycles. The Labute approximate surface area is 202 Å². The SMILES string of the molecule is CCN(CC(=O)Nc1cc(C(C)(C)C)nn1-c1ccccc1C)C(=O)C1CC1c1ccccc1. The third-order valence-electron chi connectivity index (χ3n) is 6.45.